The smallest absolute Gasteiger partial charge is 0.306 e. The third-order valence-electron chi connectivity index (χ3n) is 4.92. The van der Waals surface area contributed by atoms with Crippen LogP contribution in [0.4, 0.5) is 0 Å². The van der Waals surface area contributed by atoms with Crippen LogP contribution >= 0.6 is 0 Å². The summed E-state index contributed by atoms with van der Waals surface area (Å²) in [6.45, 7) is 2.08. The SMILES string of the molecule is CCCCCCCCCCC#CCCCCCC(=O)OCC(=O)c1ccccc1. The fourth-order valence-electron chi connectivity index (χ4n) is 3.11. The number of hydrogen-bond acceptors (Lipinski definition) is 3. The van der Waals surface area contributed by atoms with Crippen LogP contribution in [0.5, 0.6) is 0 Å². The summed E-state index contributed by atoms with van der Waals surface area (Å²) in [5, 5.41) is 0. The molecule has 1 aromatic carbocycles. The third-order valence-corrected chi connectivity index (χ3v) is 4.92. The summed E-state index contributed by atoms with van der Waals surface area (Å²) in [5.74, 6) is 6.05. The second-order valence-corrected chi connectivity index (χ2v) is 7.59. The maximum Gasteiger partial charge on any atom is 0.306 e. The second-order valence-electron chi connectivity index (χ2n) is 7.59. The van der Waals surface area contributed by atoms with Gasteiger partial charge in [0.15, 0.2) is 12.4 Å². The summed E-state index contributed by atoms with van der Waals surface area (Å²) >= 11 is 0. The van der Waals surface area contributed by atoms with Crippen LogP contribution in [0.3, 0.4) is 0 Å². The fraction of sp³-hybridized carbons (Fsp3) is 0.615. The van der Waals surface area contributed by atoms with Crippen LogP contribution in [0.15, 0.2) is 30.3 Å². The molecule has 0 aliphatic heterocycles. The molecule has 160 valence electrons. The quantitative estimate of drug-likeness (QED) is 0.132. The maximum atomic E-state index is 11.9. The molecular weight excluding hydrogens is 360 g/mol. The molecule has 0 radical (unpaired) electrons. The molecule has 1 rings (SSSR count). The Hall–Kier alpha value is -2.08. The number of benzene rings is 1. The van der Waals surface area contributed by atoms with Gasteiger partial charge in [0.2, 0.25) is 0 Å². The number of unbranched alkanes of at least 4 members (excludes halogenated alkanes) is 11. The standard InChI is InChI=1S/C26H38O3/c1-2-3-4-5-6-7-8-9-10-11-12-13-14-15-19-22-26(28)29-23-25(27)24-20-17-16-18-21-24/h16-18,20-21H,2-10,13-15,19,22-23H2,1H3. The summed E-state index contributed by atoms with van der Waals surface area (Å²) in [4.78, 5) is 23.6. The summed E-state index contributed by atoms with van der Waals surface area (Å²) in [6.07, 6.45) is 15.8. The Bertz CT molecular complexity index is 610. The van der Waals surface area contributed by atoms with Gasteiger partial charge in [0.25, 0.3) is 0 Å². The molecule has 0 spiro atoms. The molecule has 3 nitrogen and oxygen atoms in total. The minimum atomic E-state index is -0.296. The van der Waals surface area contributed by atoms with E-state index in [1.54, 1.807) is 24.3 Å². The van der Waals surface area contributed by atoms with E-state index in [1.807, 2.05) is 6.07 Å². The largest absolute Gasteiger partial charge is 0.457 e. The molecular formula is C26H38O3. The van der Waals surface area contributed by atoms with Gasteiger partial charge in [0, 0.05) is 24.8 Å². The molecule has 3 heteroatoms. The van der Waals surface area contributed by atoms with Crippen LogP contribution in [-0.2, 0) is 9.53 Å². The number of ketones is 1. The Labute approximate surface area is 177 Å². The highest BCUT2D eigenvalue weighted by Gasteiger charge is 2.09. The molecule has 1 aromatic rings. The first kappa shape index (κ1) is 25.0. The van der Waals surface area contributed by atoms with Crippen LogP contribution in [-0.4, -0.2) is 18.4 Å². The van der Waals surface area contributed by atoms with Crippen molar-refractivity contribution in [1.29, 1.82) is 0 Å². The third kappa shape index (κ3) is 14.6. The van der Waals surface area contributed by atoms with E-state index in [0.717, 1.165) is 32.1 Å². The maximum absolute atomic E-state index is 11.9. The molecule has 0 N–H and O–H groups in total. The van der Waals surface area contributed by atoms with Crippen molar-refractivity contribution in [2.24, 2.45) is 0 Å². The Kier molecular flexibility index (Phi) is 15.5. The van der Waals surface area contributed by atoms with Crippen molar-refractivity contribution < 1.29 is 14.3 Å². The zero-order valence-electron chi connectivity index (χ0n) is 18.2. The van der Waals surface area contributed by atoms with E-state index < -0.39 is 0 Å². The lowest BCUT2D eigenvalue weighted by Gasteiger charge is -2.04. The van der Waals surface area contributed by atoms with E-state index in [0.29, 0.717) is 12.0 Å². The molecule has 0 aromatic heterocycles. The number of carbonyl (C=O) groups excluding carboxylic acids is 2. The van der Waals surface area contributed by atoms with Crippen molar-refractivity contribution >= 4 is 11.8 Å². The lowest BCUT2D eigenvalue weighted by atomic mass is 10.1. The number of ether oxygens (including phenoxy) is 1. The number of rotatable bonds is 16. The van der Waals surface area contributed by atoms with Gasteiger partial charge in [-0.3, -0.25) is 9.59 Å². The Balaban J connectivity index is 1.90. The molecule has 0 aliphatic rings. The predicted molar refractivity (Wildman–Crippen MR) is 120 cm³/mol. The molecule has 0 atom stereocenters. The van der Waals surface area contributed by atoms with Gasteiger partial charge >= 0.3 is 5.97 Å². The first-order chi connectivity index (χ1) is 14.2. The van der Waals surface area contributed by atoms with Crippen molar-refractivity contribution in [3.8, 4) is 11.8 Å². The number of Topliss-reactive ketones (excluding diaryl/α,β-unsaturated/α-hetero) is 1. The average Bonchev–Trinajstić information content (AvgIpc) is 2.75. The zero-order chi connectivity index (χ0) is 21.0. The molecule has 0 bridgehead atoms. The minimum Gasteiger partial charge on any atom is -0.457 e. The van der Waals surface area contributed by atoms with Crippen LogP contribution in [0.2, 0.25) is 0 Å². The van der Waals surface area contributed by atoms with Gasteiger partial charge in [-0.1, -0.05) is 88.6 Å². The van der Waals surface area contributed by atoms with Crippen LogP contribution in [0.25, 0.3) is 0 Å². The molecule has 0 amide bonds. The Morgan fingerprint density at radius 3 is 1.93 bits per heavy atom. The van der Waals surface area contributed by atoms with E-state index in [1.165, 1.54) is 51.4 Å². The van der Waals surface area contributed by atoms with Crippen LogP contribution in [0.1, 0.15) is 107 Å². The van der Waals surface area contributed by atoms with Crippen LogP contribution in [0, 0.1) is 11.8 Å². The Morgan fingerprint density at radius 2 is 1.31 bits per heavy atom. The lowest BCUT2D eigenvalue weighted by molar-refractivity contribution is -0.142. The normalized spacial score (nSPS) is 10.2. The van der Waals surface area contributed by atoms with Crippen molar-refractivity contribution in [3.63, 3.8) is 0 Å². The molecule has 29 heavy (non-hydrogen) atoms. The summed E-state index contributed by atoms with van der Waals surface area (Å²) in [6, 6.07) is 8.91. The van der Waals surface area contributed by atoms with E-state index in [9.17, 15) is 9.59 Å². The summed E-state index contributed by atoms with van der Waals surface area (Å²) in [5.41, 5.74) is 0.575. The van der Waals surface area contributed by atoms with E-state index >= 15 is 0 Å². The van der Waals surface area contributed by atoms with Crippen molar-refractivity contribution in [3.05, 3.63) is 35.9 Å². The second kappa shape index (κ2) is 18.0. The monoisotopic (exact) mass is 398 g/mol. The van der Waals surface area contributed by atoms with Gasteiger partial charge in [-0.05, 0) is 19.3 Å². The van der Waals surface area contributed by atoms with Gasteiger partial charge in [0.05, 0.1) is 0 Å². The number of hydrogen-bond donors (Lipinski definition) is 0. The molecule has 0 aliphatic carbocycles. The molecule has 0 heterocycles. The molecule has 0 unspecified atom stereocenters. The van der Waals surface area contributed by atoms with Crippen molar-refractivity contribution in [2.45, 2.75) is 96.8 Å². The first-order valence-corrected chi connectivity index (χ1v) is 11.4. The molecule has 0 saturated heterocycles. The first-order valence-electron chi connectivity index (χ1n) is 11.4. The number of esters is 1. The van der Waals surface area contributed by atoms with Gasteiger partial charge in [0.1, 0.15) is 0 Å². The summed E-state index contributed by atoms with van der Waals surface area (Å²) in [7, 11) is 0. The predicted octanol–water partition coefficient (Wildman–Crippen LogP) is 6.90. The minimum absolute atomic E-state index is 0.161. The van der Waals surface area contributed by atoms with Gasteiger partial charge in [-0.25, -0.2) is 0 Å². The average molecular weight is 399 g/mol. The van der Waals surface area contributed by atoms with Gasteiger partial charge < -0.3 is 4.74 Å². The van der Waals surface area contributed by atoms with Gasteiger partial charge in [-0.2, -0.15) is 0 Å². The number of carbonyl (C=O) groups is 2. The van der Waals surface area contributed by atoms with Gasteiger partial charge in [-0.15, -0.1) is 11.8 Å². The van der Waals surface area contributed by atoms with Crippen molar-refractivity contribution in [1.82, 2.24) is 0 Å². The highest BCUT2D eigenvalue weighted by atomic mass is 16.5. The van der Waals surface area contributed by atoms with E-state index in [2.05, 4.69) is 18.8 Å². The zero-order valence-corrected chi connectivity index (χ0v) is 18.2. The molecule has 0 fully saturated rings. The Morgan fingerprint density at radius 1 is 0.759 bits per heavy atom. The summed E-state index contributed by atoms with van der Waals surface area (Å²) < 4.78 is 5.06. The fourth-order valence-corrected chi connectivity index (χ4v) is 3.11. The van der Waals surface area contributed by atoms with E-state index in [4.69, 9.17) is 4.74 Å². The highest BCUT2D eigenvalue weighted by molar-refractivity contribution is 5.97. The van der Waals surface area contributed by atoms with Crippen LogP contribution < -0.4 is 0 Å². The lowest BCUT2D eigenvalue weighted by Crippen LogP contribution is -2.13. The highest BCUT2D eigenvalue weighted by Crippen LogP contribution is 2.09. The molecule has 0 saturated carbocycles. The van der Waals surface area contributed by atoms with E-state index in [-0.39, 0.29) is 18.4 Å². The van der Waals surface area contributed by atoms with Crippen molar-refractivity contribution in [2.75, 3.05) is 6.61 Å². The topological polar surface area (TPSA) is 43.4 Å².